The van der Waals surface area contributed by atoms with E-state index in [1.807, 2.05) is 13.8 Å². The highest BCUT2D eigenvalue weighted by molar-refractivity contribution is 5.73. The van der Waals surface area contributed by atoms with Crippen LogP contribution in [-0.4, -0.2) is 24.8 Å². The Kier molecular flexibility index (Phi) is 5.62. The van der Waals surface area contributed by atoms with Crippen LogP contribution in [0.25, 0.3) is 0 Å². The molecule has 1 rings (SSSR count). The van der Waals surface area contributed by atoms with E-state index < -0.39 is 10.9 Å². The van der Waals surface area contributed by atoms with E-state index in [-0.39, 0.29) is 18.3 Å². The number of aliphatic hydroxyl groups is 1. The molecule has 0 radical (unpaired) electrons. The van der Waals surface area contributed by atoms with Crippen LogP contribution in [0.15, 0.2) is 9.59 Å². The van der Waals surface area contributed by atoms with Gasteiger partial charge in [0, 0.05) is 13.1 Å². The minimum atomic E-state index is -0.523. The Morgan fingerprint density at radius 3 is 2.07 bits per heavy atom. The van der Waals surface area contributed by atoms with Crippen molar-refractivity contribution in [3.8, 4) is 0 Å². The number of hydrogen-bond acceptors (Lipinski definition) is 5. The fourth-order valence-corrected chi connectivity index (χ4v) is 1.06. The van der Waals surface area contributed by atoms with E-state index in [1.54, 1.807) is 14.0 Å². The van der Waals surface area contributed by atoms with Crippen LogP contribution in [0.3, 0.4) is 0 Å². The van der Waals surface area contributed by atoms with E-state index in [1.165, 1.54) is 0 Å². The Labute approximate surface area is 88.8 Å². The summed E-state index contributed by atoms with van der Waals surface area (Å²) in [6, 6.07) is -0.226. The van der Waals surface area contributed by atoms with Gasteiger partial charge in [-0.1, -0.05) is 13.8 Å². The summed E-state index contributed by atoms with van der Waals surface area (Å²) >= 11 is 0. The smallest absolute Gasteiger partial charge is 0.253 e. The lowest BCUT2D eigenvalue weighted by Gasteiger charge is -2.16. The quantitative estimate of drug-likeness (QED) is 0.621. The molecule has 5 nitrogen and oxygen atoms in total. The number of hydrogen-bond donors (Lipinski definition) is 3. The molecular formula is C10H18N2O3. The first-order valence-corrected chi connectivity index (χ1v) is 5.00. The molecule has 1 aromatic carbocycles. The average Bonchev–Trinajstić information content (AvgIpc) is 2.30. The van der Waals surface area contributed by atoms with Crippen molar-refractivity contribution in [3.05, 3.63) is 20.4 Å². The number of nitrogens with one attached hydrogen (secondary N) is 2. The van der Waals surface area contributed by atoms with Crippen LogP contribution >= 0.6 is 0 Å². The molecule has 0 aliphatic carbocycles. The molecule has 1 atom stereocenters. The highest BCUT2D eigenvalue weighted by atomic mass is 16.3. The zero-order chi connectivity index (χ0) is 12.0. The van der Waals surface area contributed by atoms with Crippen LogP contribution in [0.1, 0.15) is 20.8 Å². The Hall–Kier alpha value is -1.36. The fraction of sp³-hybridized carbons (Fsp3) is 0.600. The second-order valence-electron chi connectivity index (χ2n) is 2.89. The zero-order valence-electron chi connectivity index (χ0n) is 9.55. The highest BCUT2D eigenvalue weighted by Gasteiger charge is 2.20. The Morgan fingerprint density at radius 2 is 1.67 bits per heavy atom. The molecule has 1 unspecified atom stereocenters. The van der Waals surface area contributed by atoms with Gasteiger partial charge in [-0.15, -0.1) is 0 Å². The summed E-state index contributed by atoms with van der Waals surface area (Å²) in [6.45, 7) is 5.64. The molecule has 0 amide bonds. The third-order valence-corrected chi connectivity index (χ3v) is 1.82. The molecule has 15 heavy (non-hydrogen) atoms. The average molecular weight is 214 g/mol. The minimum Gasteiger partial charge on any atom is -0.394 e. The van der Waals surface area contributed by atoms with Crippen molar-refractivity contribution >= 4 is 11.4 Å². The summed E-state index contributed by atoms with van der Waals surface area (Å²) in [5.74, 6) is 0. The molecule has 0 spiro atoms. The summed E-state index contributed by atoms with van der Waals surface area (Å²) in [6.07, 6.45) is 0. The van der Waals surface area contributed by atoms with Crippen molar-refractivity contribution in [3.63, 3.8) is 0 Å². The molecule has 1 aromatic rings. The van der Waals surface area contributed by atoms with Gasteiger partial charge in [-0.25, -0.2) is 0 Å². The van der Waals surface area contributed by atoms with Gasteiger partial charge in [0.15, 0.2) is 0 Å². The highest BCUT2D eigenvalue weighted by Crippen LogP contribution is 2.13. The van der Waals surface area contributed by atoms with Crippen molar-refractivity contribution in [1.29, 1.82) is 0 Å². The Balaban J connectivity index is 0.000000921. The molecule has 0 aromatic heterocycles. The van der Waals surface area contributed by atoms with Gasteiger partial charge >= 0.3 is 0 Å². The summed E-state index contributed by atoms with van der Waals surface area (Å²) in [5.41, 5.74) is -0.459. The summed E-state index contributed by atoms with van der Waals surface area (Å²) in [4.78, 5) is 21.9. The molecule has 0 fully saturated rings. The van der Waals surface area contributed by atoms with Crippen molar-refractivity contribution < 1.29 is 5.11 Å². The molecule has 0 bridgehead atoms. The van der Waals surface area contributed by atoms with Crippen molar-refractivity contribution in [1.82, 2.24) is 0 Å². The molecule has 3 N–H and O–H groups in total. The van der Waals surface area contributed by atoms with E-state index in [0.29, 0.717) is 5.69 Å². The maximum absolute atomic E-state index is 11.0. The van der Waals surface area contributed by atoms with E-state index in [9.17, 15) is 9.59 Å². The maximum atomic E-state index is 11.0. The zero-order valence-corrected chi connectivity index (χ0v) is 9.55. The third-order valence-electron chi connectivity index (χ3n) is 1.82. The van der Waals surface area contributed by atoms with Gasteiger partial charge in [-0.2, -0.15) is 0 Å². The molecule has 86 valence electrons. The van der Waals surface area contributed by atoms with Gasteiger partial charge < -0.3 is 15.7 Å². The van der Waals surface area contributed by atoms with Crippen molar-refractivity contribution in [2.75, 3.05) is 24.3 Å². The SMILES string of the molecule is CC.CNc1c(NC(C)CO)c(=O)c1=O. The van der Waals surface area contributed by atoms with Gasteiger partial charge in [-0.3, -0.25) is 9.59 Å². The summed E-state index contributed by atoms with van der Waals surface area (Å²) in [7, 11) is 1.57. The van der Waals surface area contributed by atoms with Crippen LogP contribution in [0.5, 0.6) is 0 Å². The predicted molar refractivity (Wildman–Crippen MR) is 62.4 cm³/mol. The topological polar surface area (TPSA) is 78.4 Å². The van der Waals surface area contributed by atoms with E-state index in [2.05, 4.69) is 10.6 Å². The first-order valence-electron chi connectivity index (χ1n) is 5.00. The first kappa shape index (κ1) is 13.6. The minimum absolute atomic E-state index is 0.0814. The lowest BCUT2D eigenvalue weighted by atomic mass is 10.1. The molecule has 0 aliphatic heterocycles. The summed E-state index contributed by atoms with van der Waals surface area (Å²) in [5, 5.41) is 14.1. The van der Waals surface area contributed by atoms with E-state index in [4.69, 9.17) is 5.11 Å². The predicted octanol–water partition coefficient (Wildman–Crippen LogP) is 0.143. The monoisotopic (exact) mass is 214 g/mol. The van der Waals surface area contributed by atoms with E-state index in [0.717, 1.165) is 0 Å². The van der Waals surface area contributed by atoms with Gasteiger partial charge in [0.2, 0.25) is 0 Å². The van der Waals surface area contributed by atoms with Crippen LogP contribution in [0.2, 0.25) is 0 Å². The third kappa shape index (κ3) is 2.79. The van der Waals surface area contributed by atoms with Crippen LogP contribution in [0, 0.1) is 0 Å². The standard InChI is InChI=1S/C8H12N2O3.C2H6/c1-4(3-11)10-6-5(9-2)7(12)8(6)13;1-2/h4,9-11H,3H2,1-2H3;1-2H3. The molecule has 0 heterocycles. The molecular weight excluding hydrogens is 196 g/mol. The van der Waals surface area contributed by atoms with Crippen LogP contribution < -0.4 is 21.5 Å². The molecule has 0 saturated carbocycles. The van der Waals surface area contributed by atoms with Gasteiger partial charge in [0.25, 0.3) is 10.9 Å². The van der Waals surface area contributed by atoms with Crippen LogP contribution in [0.4, 0.5) is 11.4 Å². The largest absolute Gasteiger partial charge is 0.394 e. The van der Waals surface area contributed by atoms with Crippen molar-refractivity contribution in [2.24, 2.45) is 0 Å². The summed E-state index contributed by atoms with van der Waals surface area (Å²) < 4.78 is 0. The van der Waals surface area contributed by atoms with E-state index >= 15 is 0 Å². The fourth-order valence-electron chi connectivity index (χ4n) is 1.06. The second-order valence-corrected chi connectivity index (χ2v) is 2.89. The number of aliphatic hydroxyl groups excluding tert-OH is 1. The first-order chi connectivity index (χ1) is 7.11. The van der Waals surface area contributed by atoms with Crippen LogP contribution in [-0.2, 0) is 0 Å². The van der Waals surface area contributed by atoms with Gasteiger partial charge in [-0.05, 0) is 6.92 Å². The lowest BCUT2D eigenvalue weighted by Crippen LogP contribution is -2.39. The Morgan fingerprint density at radius 1 is 1.20 bits per heavy atom. The van der Waals surface area contributed by atoms with Gasteiger partial charge in [0.1, 0.15) is 11.4 Å². The molecule has 0 aliphatic rings. The Bertz CT molecular complexity index is 367. The lowest BCUT2D eigenvalue weighted by molar-refractivity contribution is 0.281. The van der Waals surface area contributed by atoms with Crippen molar-refractivity contribution in [2.45, 2.75) is 26.8 Å². The maximum Gasteiger partial charge on any atom is 0.253 e. The van der Waals surface area contributed by atoms with Gasteiger partial charge in [0.05, 0.1) is 6.61 Å². The number of rotatable bonds is 4. The number of anilines is 2. The molecule has 0 saturated heterocycles. The normalized spacial score (nSPS) is 11.5. The second kappa shape index (κ2) is 6.19. The molecule has 5 heteroatoms.